The summed E-state index contributed by atoms with van der Waals surface area (Å²) < 4.78 is 30.8. The van der Waals surface area contributed by atoms with Crippen LogP contribution in [0.1, 0.15) is 26.2 Å². The number of nitrogens with zero attached hydrogens (tertiary/aromatic N) is 3. The Bertz CT molecular complexity index is 868. The topological polar surface area (TPSA) is 99.3 Å². The number of piperidine rings is 1. The largest absolute Gasteiger partial charge is 0.378 e. The summed E-state index contributed by atoms with van der Waals surface area (Å²) >= 11 is 0. The number of nitrogens with one attached hydrogen (secondary N) is 1. The summed E-state index contributed by atoms with van der Waals surface area (Å²) in [5, 5.41) is 2.83. The number of hydrogen-bond acceptors (Lipinski definition) is 6. The van der Waals surface area contributed by atoms with Gasteiger partial charge in [-0.2, -0.15) is 4.31 Å². The van der Waals surface area contributed by atoms with Gasteiger partial charge >= 0.3 is 0 Å². The molecule has 2 aliphatic rings. The first kappa shape index (κ1) is 23.5. The molecule has 0 aromatic heterocycles. The molecule has 2 saturated heterocycles. The molecular weight excluding hydrogens is 420 g/mol. The summed E-state index contributed by atoms with van der Waals surface area (Å²) in [5.74, 6) is -0.624. The first-order valence-electron chi connectivity index (χ1n) is 10.8. The maximum absolute atomic E-state index is 13.0. The van der Waals surface area contributed by atoms with Crippen molar-refractivity contribution in [2.24, 2.45) is 0 Å². The predicted molar refractivity (Wildman–Crippen MR) is 120 cm³/mol. The van der Waals surface area contributed by atoms with Crippen LogP contribution in [0, 0.1) is 0 Å². The Kier molecular flexibility index (Phi) is 7.90. The second-order valence-corrected chi connectivity index (χ2v) is 9.87. The van der Waals surface area contributed by atoms with E-state index < -0.39 is 16.1 Å². The lowest BCUT2D eigenvalue weighted by Crippen LogP contribution is -2.53. The molecule has 1 atom stereocenters. The van der Waals surface area contributed by atoms with Gasteiger partial charge in [-0.1, -0.05) is 6.42 Å². The highest BCUT2D eigenvalue weighted by Gasteiger charge is 2.36. The first-order chi connectivity index (χ1) is 14.8. The van der Waals surface area contributed by atoms with Crippen molar-refractivity contribution in [1.82, 2.24) is 9.21 Å². The van der Waals surface area contributed by atoms with Crippen molar-refractivity contribution in [2.45, 2.75) is 32.2 Å². The summed E-state index contributed by atoms with van der Waals surface area (Å²) in [6.45, 7) is 5.43. The monoisotopic (exact) mass is 452 g/mol. The maximum atomic E-state index is 13.0. The van der Waals surface area contributed by atoms with E-state index in [1.54, 1.807) is 6.92 Å². The van der Waals surface area contributed by atoms with Crippen LogP contribution in [0.15, 0.2) is 24.3 Å². The number of sulfonamides is 1. The average molecular weight is 453 g/mol. The SMILES string of the molecule is CCN(CC(=O)Nc1ccc(N2CCOCC2)cc1)C(=O)C1CCCCN1S(C)(=O)=O. The van der Waals surface area contributed by atoms with Crippen molar-refractivity contribution < 1.29 is 22.7 Å². The average Bonchev–Trinajstić information content (AvgIpc) is 2.77. The summed E-state index contributed by atoms with van der Waals surface area (Å²) in [6, 6.07) is 6.86. The summed E-state index contributed by atoms with van der Waals surface area (Å²) in [7, 11) is -3.48. The molecule has 2 heterocycles. The molecule has 1 unspecified atom stereocenters. The number of benzene rings is 1. The molecule has 172 valence electrons. The number of carbonyl (C=O) groups is 2. The van der Waals surface area contributed by atoms with Gasteiger partial charge in [0.1, 0.15) is 6.04 Å². The van der Waals surface area contributed by atoms with Crippen molar-refractivity contribution in [3.8, 4) is 0 Å². The van der Waals surface area contributed by atoms with Crippen LogP contribution in [0.3, 0.4) is 0 Å². The van der Waals surface area contributed by atoms with Crippen LogP contribution in [0.2, 0.25) is 0 Å². The van der Waals surface area contributed by atoms with E-state index in [2.05, 4.69) is 10.2 Å². The first-order valence-corrected chi connectivity index (χ1v) is 12.6. The molecule has 0 spiro atoms. The molecule has 1 aromatic rings. The fourth-order valence-corrected chi connectivity index (χ4v) is 5.17. The van der Waals surface area contributed by atoms with Crippen molar-refractivity contribution in [2.75, 3.05) is 62.4 Å². The predicted octanol–water partition coefficient (Wildman–Crippen LogP) is 1.12. The molecular formula is C21H32N4O5S. The van der Waals surface area contributed by atoms with E-state index in [0.29, 0.717) is 38.4 Å². The third-order valence-corrected chi connectivity index (χ3v) is 7.01. The fraction of sp³-hybridized carbons (Fsp3) is 0.619. The minimum atomic E-state index is -3.48. The lowest BCUT2D eigenvalue weighted by molar-refractivity contribution is -0.138. The summed E-state index contributed by atoms with van der Waals surface area (Å²) in [6.07, 6.45) is 3.14. The Morgan fingerprint density at radius 1 is 1.13 bits per heavy atom. The van der Waals surface area contributed by atoms with Gasteiger partial charge in [-0.05, 0) is 44.0 Å². The van der Waals surface area contributed by atoms with Gasteiger partial charge in [0.15, 0.2) is 0 Å². The number of amides is 2. The zero-order valence-corrected chi connectivity index (χ0v) is 19.1. The molecule has 0 bridgehead atoms. The maximum Gasteiger partial charge on any atom is 0.243 e. The van der Waals surface area contributed by atoms with Gasteiger partial charge in [-0.15, -0.1) is 0 Å². The minimum Gasteiger partial charge on any atom is -0.378 e. The van der Waals surface area contributed by atoms with Crippen LogP contribution >= 0.6 is 0 Å². The van der Waals surface area contributed by atoms with Crippen LogP contribution in [0.25, 0.3) is 0 Å². The Hall–Kier alpha value is -2.17. The Labute approximate surface area is 184 Å². The van der Waals surface area contributed by atoms with Crippen molar-refractivity contribution >= 4 is 33.2 Å². The number of carbonyl (C=O) groups excluding carboxylic acids is 2. The van der Waals surface area contributed by atoms with Gasteiger partial charge in [0.05, 0.1) is 26.0 Å². The number of ether oxygens (including phenoxy) is 1. The van der Waals surface area contributed by atoms with Crippen molar-refractivity contribution in [3.63, 3.8) is 0 Å². The van der Waals surface area contributed by atoms with Crippen LogP contribution in [-0.2, 0) is 24.3 Å². The normalized spacial score (nSPS) is 20.3. The van der Waals surface area contributed by atoms with E-state index in [9.17, 15) is 18.0 Å². The number of likely N-dealkylation sites (N-methyl/N-ethyl adjacent to an activating group) is 1. The zero-order valence-electron chi connectivity index (χ0n) is 18.2. The highest BCUT2D eigenvalue weighted by Crippen LogP contribution is 2.22. The lowest BCUT2D eigenvalue weighted by Gasteiger charge is -2.35. The van der Waals surface area contributed by atoms with Crippen molar-refractivity contribution in [1.29, 1.82) is 0 Å². The molecule has 9 nitrogen and oxygen atoms in total. The standard InChI is InChI=1S/C21H32N4O5S/c1-3-23(21(27)19-6-4-5-11-25(19)31(2,28)29)16-20(26)22-17-7-9-18(10-8-17)24-12-14-30-15-13-24/h7-10,19H,3-6,11-16H2,1-2H3,(H,22,26). The Morgan fingerprint density at radius 3 is 2.42 bits per heavy atom. The minimum absolute atomic E-state index is 0.116. The van der Waals surface area contributed by atoms with Gasteiger partial charge in [-0.3, -0.25) is 9.59 Å². The quantitative estimate of drug-likeness (QED) is 0.666. The van der Waals surface area contributed by atoms with Gasteiger partial charge in [-0.25, -0.2) is 8.42 Å². The lowest BCUT2D eigenvalue weighted by atomic mass is 10.0. The molecule has 2 fully saturated rings. The fourth-order valence-electron chi connectivity index (χ4n) is 4.06. The highest BCUT2D eigenvalue weighted by atomic mass is 32.2. The molecule has 2 amide bonds. The van der Waals surface area contributed by atoms with Gasteiger partial charge in [0, 0.05) is 37.6 Å². The molecule has 31 heavy (non-hydrogen) atoms. The van der Waals surface area contributed by atoms with Crippen LogP contribution < -0.4 is 10.2 Å². The third-order valence-electron chi connectivity index (χ3n) is 5.72. The molecule has 2 aliphatic heterocycles. The number of hydrogen-bond donors (Lipinski definition) is 1. The zero-order chi connectivity index (χ0) is 22.4. The van der Waals surface area contributed by atoms with E-state index in [-0.39, 0.29) is 18.4 Å². The summed E-state index contributed by atoms with van der Waals surface area (Å²) in [4.78, 5) is 29.2. The molecule has 0 aliphatic carbocycles. The van der Waals surface area contributed by atoms with E-state index >= 15 is 0 Å². The smallest absolute Gasteiger partial charge is 0.243 e. The van der Waals surface area contributed by atoms with Crippen molar-refractivity contribution in [3.05, 3.63) is 24.3 Å². The van der Waals surface area contributed by atoms with E-state index in [1.807, 2.05) is 24.3 Å². The van der Waals surface area contributed by atoms with E-state index in [0.717, 1.165) is 37.9 Å². The van der Waals surface area contributed by atoms with E-state index in [1.165, 1.54) is 9.21 Å². The van der Waals surface area contributed by atoms with E-state index in [4.69, 9.17) is 4.74 Å². The molecule has 10 heteroatoms. The second-order valence-electron chi connectivity index (χ2n) is 7.93. The summed E-state index contributed by atoms with van der Waals surface area (Å²) in [5.41, 5.74) is 1.73. The van der Waals surface area contributed by atoms with Crippen LogP contribution in [-0.4, -0.2) is 87.7 Å². The molecule has 0 saturated carbocycles. The highest BCUT2D eigenvalue weighted by molar-refractivity contribution is 7.88. The molecule has 0 radical (unpaired) electrons. The number of morpholine rings is 1. The number of anilines is 2. The Balaban J connectivity index is 1.59. The van der Waals surface area contributed by atoms with Gasteiger partial charge in [0.2, 0.25) is 21.8 Å². The molecule has 3 rings (SSSR count). The molecule has 1 aromatic carbocycles. The number of rotatable bonds is 7. The van der Waals surface area contributed by atoms with Crippen LogP contribution in [0.4, 0.5) is 11.4 Å². The Morgan fingerprint density at radius 2 is 1.81 bits per heavy atom. The third kappa shape index (κ3) is 6.18. The van der Waals surface area contributed by atoms with Gasteiger partial charge < -0.3 is 19.9 Å². The second kappa shape index (κ2) is 10.4. The van der Waals surface area contributed by atoms with Gasteiger partial charge in [0.25, 0.3) is 0 Å². The molecule has 1 N–H and O–H groups in total. The van der Waals surface area contributed by atoms with Crippen LogP contribution in [0.5, 0.6) is 0 Å².